The fraction of sp³-hybridized carbons (Fsp3) is 0.333. The number of rotatable bonds is 10. The molecule has 0 radical (unpaired) electrons. The van der Waals surface area contributed by atoms with Crippen LogP contribution in [0.2, 0.25) is 0 Å². The minimum atomic E-state index is -0.503. The van der Waals surface area contributed by atoms with E-state index >= 15 is 0 Å². The predicted molar refractivity (Wildman–Crippen MR) is 129 cm³/mol. The molecule has 1 atom stereocenters. The van der Waals surface area contributed by atoms with Crippen LogP contribution in [-0.2, 0) is 22.6 Å². The van der Waals surface area contributed by atoms with Gasteiger partial charge in [-0.1, -0.05) is 61.5 Å². The molecule has 0 unspecified atom stereocenters. The number of ether oxygens (including phenoxy) is 1. The minimum absolute atomic E-state index is 0.0214. The Morgan fingerprint density at radius 3 is 2.38 bits per heavy atom. The molecule has 2 amide bonds. The number of aryl methyl sites for hydroxylation is 1. The summed E-state index contributed by atoms with van der Waals surface area (Å²) in [4.78, 5) is 27.9. The number of benzene rings is 3. The van der Waals surface area contributed by atoms with Crippen LogP contribution in [0.15, 0.2) is 66.7 Å². The van der Waals surface area contributed by atoms with Gasteiger partial charge in [0.1, 0.15) is 11.8 Å². The van der Waals surface area contributed by atoms with Crippen molar-refractivity contribution in [2.75, 3.05) is 13.7 Å². The Kier molecular flexibility index (Phi) is 8.26. The van der Waals surface area contributed by atoms with Gasteiger partial charge in [-0.3, -0.25) is 9.59 Å². The highest BCUT2D eigenvalue weighted by molar-refractivity contribution is 5.89. The molecule has 0 aliphatic carbocycles. The Labute approximate surface area is 190 Å². The number of hydrogen-bond donors (Lipinski definition) is 1. The van der Waals surface area contributed by atoms with Crippen LogP contribution in [0.5, 0.6) is 5.75 Å². The van der Waals surface area contributed by atoms with Crippen LogP contribution in [0.25, 0.3) is 10.8 Å². The first kappa shape index (κ1) is 23.3. The molecule has 0 spiro atoms. The third-order valence-corrected chi connectivity index (χ3v) is 5.74. The van der Waals surface area contributed by atoms with E-state index in [4.69, 9.17) is 4.74 Å². The highest BCUT2D eigenvalue weighted by Gasteiger charge is 2.28. The lowest BCUT2D eigenvalue weighted by atomic mass is 10.00. The Morgan fingerprint density at radius 1 is 0.969 bits per heavy atom. The van der Waals surface area contributed by atoms with E-state index in [9.17, 15) is 9.59 Å². The zero-order valence-corrected chi connectivity index (χ0v) is 19.1. The molecule has 0 aliphatic rings. The molecule has 5 heteroatoms. The summed E-state index contributed by atoms with van der Waals surface area (Å²) in [6.45, 7) is 4.75. The van der Waals surface area contributed by atoms with E-state index in [0.29, 0.717) is 32.4 Å². The van der Waals surface area contributed by atoms with Crippen LogP contribution in [0.4, 0.5) is 0 Å². The first-order valence-corrected chi connectivity index (χ1v) is 11.2. The molecule has 0 aromatic heterocycles. The molecular formula is C27H32N2O3. The maximum absolute atomic E-state index is 13.4. The van der Waals surface area contributed by atoms with Crippen molar-refractivity contribution in [2.24, 2.45) is 0 Å². The van der Waals surface area contributed by atoms with E-state index in [1.807, 2.05) is 56.3 Å². The van der Waals surface area contributed by atoms with Gasteiger partial charge in [0.2, 0.25) is 11.8 Å². The lowest BCUT2D eigenvalue weighted by molar-refractivity contribution is -0.141. The third-order valence-electron chi connectivity index (χ3n) is 5.74. The van der Waals surface area contributed by atoms with Gasteiger partial charge in [0.25, 0.3) is 0 Å². The van der Waals surface area contributed by atoms with Gasteiger partial charge < -0.3 is 15.0 Å². The first-order chi connectivity index (χ1) is 15.6. The smallest absolute Gasteiger partial charge is 0.242 e. The molecule has 3 aromatic rings. The number of nitrogens with zero attached hydrogens (tertiary/aromatic N) is 1. The molecule has 0 aliphatic heterocycles. The van der Waals surface area contributed by atoms with Gasteiger partial charge in [-0.15, -0.1) is 0 Å². The number of likely N-dealkylation sites (N-methyl/N-ethyl adjacent to an activating group) is 1. The fourth-order valence-electron chi connectivity index (χ4n) is 4.03. The maximum Gasteiger partial charge on any atom is 0.242 e. The van der Waals surface area contributed by atoms with Crippen LogP contribution in [0, 0.1) is 0 Å². The topological polar surface area (TPSA) is 58.6 Å². The number of hydrogen-bond acceptors (Lipinski definition) is 3. The monoisotopic (exact) mass is 432 g/mol. The molecule has 0 fully saturated rings. The van der Waals surface area contributed by atoms with Crippen molar-refractivity contribution >= 4 is 22.6 Å². The van der Waals surface area contributed by atoms with Gasteiger partial charge in [-0.05, 0) is 53.8 Å². The molecule has 32 heavy (non-hydrogen) atoms. The van der Waals surface area contributed by atoms with Crippen LogP contribution in [0.3, 0.4) is 0 Å². The number of carbonyl (C=O) groups is 2. The number of nitrogens with one attached hydrogen (secondary N) is 1. The second-order valence-electron chi connectivity index (χ2n) is 7.83. The van der Waals surface area contributed by atoms with Crippen molar-refractivity contribution in [1.29, 1.82) is 0 Å². The van der Waals surface area contributed by atoms with E-state index in [2.05, 4.69) is 29.6 Å². The van der Waals surface area contributed by atoms with Crippen molar-refractivity contribution in [1.82, 2.24) is 10.2 Å². The lowest BCUT2D eigenvalue weighted by Gasteiger charge is -2.30. The van der Waals surface area contributed by atoms with E-state index in [0.717, 1.165) is 16.9 Å². The second kappa shape index (κ2) is 11.3. The summed E-state index contributed by atoms with van der Waals surface area (Å²) >= 11 is 0. The van der Waals surface area contributed by atoms with Crippen molar-refractivity contribution < 1.29 is 14.3 Å². The van der Waals surface area contributed by atoms with Gasteiger partial charge in [0, 0.05) is 19.5 Å². The SMILES string of the molecule is CCNC(=O)[C@@H](CC)N(Cc1ccc(OC)cc1)C(=O)CCc1cccc2ccccc12. The van der Waals surface area contributed by atoms with E-state index < -0.39 is 6.04 Å². The molecule has 168 valence electrons. The molecule has 0 heterocycles. The molecular weight excluding hydrogens is 400 g/mol. The largest absolute Gasteiger partial charge is 0.497 e. The highest BCUT2D eigenvalue weighted by atomic mass is 16.5. The third kappa shape index (κ3) is 5.67. The normalized spacial score (nSPS) is 11.7. The van der Waals surface area contributed by atoms with E-state index in [-0.39, 0.29) is 11.8 Å². The summed E-state index contributed by atoms with van der Waals surface area (Å²) in [6, 6.07) is 21.5. The molecule has 0 saturated carbocycles. The molecule has 0 bridgehead atoms. The predicted octanol–water partition coefficient (Wildman–Crippen LogP) is 4.72. The van der Waals surface area contributed by atoms with Gasteiger partial charge in [-0.25, -0.2) is 0 Å². The lowest BCUT2D eigenvalue weighted by Crippen LogP contribution is -2.49. The standard InChI is InChI=1S/C27H32N2O3/c1-4-25(27(31)28-5-2)29(19-20-13-16-23(32-3)17-14-20)26(30)18-15-22-11-8-10-21-9-6-7-12-24(21)22/h6-14,16-17,25H,4-5,15,18-19H2,1-3H3,(H,28,31)/t25-/m1/s1. The van der Waals surface area contributed by atoms with E-state index in [1.165, 1.54) is 10.8 Å². The van der Waals surface area contributed by atoms with E-state index in [1.54, 1.807) is 12.0 Å². The zero-order chi connectivity index (χ0) is 22.9. The number of carbonyl (C=O) groups excluding carboxylic acids is 2. The second-order valence-corrected chi connectivity index (χ2v) is 7.83. The Balaban J connectivity index is 1.81. The van der Waals surface area contributed by atoms with Crippen LogP contribution in [0.1, 0.15) is 37.8 Å². The highest BCUT2D eigenvalue weighted by Crippen LogP contribution is 2.22. The van der Waals surface area contributed by atoms with Crippen molar-refractivity contribution in [3.8, 4) is 5.75 Å². The molecule has 3 rings (SSSR count). The Bertz CT molecular complexity index is 1040. The Hall–Kier alpha value is -3.34. The van der Waals surface area contributed by atoms with Gasteiger partial charge >= 0.3 is 0 Å². The molecule has 3 aromatic carbocycles. The summed E-state index contributed by atoms with van der Waals surface area (Å²) < 4.78 is 5.24. The van der Waals surface area contributed by atoms with Crippen molar-refractivity contribution in [3.63, 3.8) is 0 Å². The Morgan fingerprint density at radius 2 is 1.69 bits per heavy atom. The van der Waals surface area contributed by atoms with Crippen LogP contribution < -0.4 is 10.1 Å². The molecule has 0 saturated heterocycles. The molecule has 1 N–H and O–H groups in total. The van der Waals surface area contributed by atoms with Crippen LogP contribution >= 0.6 is 0 Å². The number of methoxy groups -OCH3 is 1. The zero-order valence-electron chi connectivity index (χ0n) is 19.1. The maximum atomic E-state index is 13.4. The summed E-state index contributed by atoms with van der Waals surface area (Å²) in [6.07, 6.45) is 1.53. The minimum Gasteiger partial charge on any atom is -0.497 e. The first-order valence-electron chi connectivity index (χ1n) is 11.2. The van der Waals surface area contributed by atoms with Crippen molar-refractivity contribution in [2.45, 2.75) is 45.7 Å². The fourth-order valence-corrected chi connectivity index (χ4v) is 4.03. The van der Waals surface area contributed by atoms with Crippen molar-refractivity contribution in [3.05, 3.63) is 77.9 Å². The summed E-state index contributed by atoms with van der Waals surface area (Å²) in [5.41, 5.74) is 2.11. The van der Waals surface area contributed by atoms with Gasteiger partial charge in [0.15, 0.2) is 0 Å². The summed E-state index contributed by atoms with van der Waals surface area (Å²) in [5, 5.41) is 5.22. The summed E-state index contributed by atoms with van der Waals surface area (Å²) in [5.74, 6) is 0.632. The number of fused-ring (bicyclic) bond motifs is 1. The quantitative estimate of drug-likeness (QED) is 0.504. The van der Waals surface area contributed by atoms with Gasteiger partial charge in [-0.2, -0.15) is 0 Å². The van der Waals surface area contributed by atoms with Gasteiger partial charge in [0.05, 0.1) is 7.11 Å². The average molecular weight is 433 g/mol. The van der Waals surface area contributed by atoms with Crippen LogP contribution in [-0.4, -0.2) is 36.4 Å². The average Bonchev–Trinajstić information content (AvgIpc) is 2.83. The number of amides is 2. The molecule has 5 nitrogen and oxygen atoms in total. The summed E-state index contributed by atoms with van der Waals surface area (Å²) in [7, 11) is 1.63.